The number of rotatable bonds is 0. The van der Waals surface area contributed by atoms with Crippen LogP contribution in [0.4, 0.5) is 0 Å². The first-order chi connectivity index (χ1) is 12.1. The number of nitrogens with zero attached hydrogens (tertiary/aromatic N) is 7. The van der Waals surface area contributed by atoms with Crippen LogP contribution in [0.2, 0.25) is 0 Å². The topological polar surface area (TPSA) is 463 Å². The third kappa shape index (κ3) is 1180. The molecule has 0 saturated carbocycles. The Morgan fingerprint density at radius 2 is 0.267 bits per heavy atom. The molecule has 0 heterocycles. The molecule has 170 valence electrons. The van der Waals surface area contributed by atoms with Crippen LogP contribution in [0.3, 0.4) is 0 Å². The smallest absolute Gasteiger partial charge is 0.356 e. The van der Waals surface area contributed by atoms with E-state index in [1.807, 2.05) is 0 Å². The second kappa shape index (κ2) is 50.0. The van der Waals surface area contributed by atoms with E-state index < -0.39 is 35.6 Å². The van der Waals surface area contributed by atoms with Crippen LogP contribution in [0.25, 0.3) is 0 Å². The molecule has 0 spiro atoms. The van der Waals surface area contributed by atoms with E-state index in [-0.39, 0.29) is 66.2 Å². The predicted molar refractivity (Wildman–Crippen MR) is 78.3 cm³/mol. The molecule has 0 aliphatic heterocycles. The van der Waals surface area contributed by atoms with Gasteiger partial charge in [0.05, 0.1) is 35.6 Å². The van der Waals surface area contributed by atoms with Crippen molar-refractivity contribution in [3.8, 4) is 0 Å². The summed E-state index contributed by atoms with van der Waals surface area (Å²) in [6, 6.07) is 0. The van der Waals surface area contributed by atoms with Gasteiger partial charge in [-0.25, -0.2) is 0 Å². The molecule has 0 rings (SSSR count). The molecule has 0 aromatic heterocycles. The Bertz CT molecular complexity index is 314. The summed E-state index contributed by atoms with van der Waals surface area (Å²) < 4.78 is 0. The first kappa shape index (κ1) is 56.3. The van der Waals surface area contributed by atoms with Gasteiger partial charge in [0.2, 0.25) is 0 Å². The normalized spacial score (nSPS) is 5.60. The molecular weight excluding hydrogens is 696 g/mol. The van der Waals surface area contributed by atoms with Gasteiger partial charge in [0.15, 0.2) is 0 Å². The Labute approximate surface area is 208 Å². The molecule has 2 radical (unpaired) electrons. The summed E-state index contributed by atoms with van der Waals surface area (Å²) in [5.41, 5.74) is 0. The summed E-state index contributed by atoms with van der Waals surface area (Å²) >= 11 is 0. The Morgan fingerprint density at radius 1 is 0.267 bits per heavy atom. The summed E-state index contributed by atoms with van der Waals surface area (Å²) in [6.45, 7) is 0. The van der Waals surface area contributed by atoms with E-state index in [2.05, 4.69) is 0 Å². The molecule has 30 heteroatoms. The van der Waals surface area contributed by atoms with Gasteiger partial charge in [-0.05, 0) is 0 Å². The molecule has 0 fully saturated rings. The van der Waals surface area contributed by atoms with Gasteiger partial charge in [-0.2, -0.15) is 0 Å². The molecule has 0 bridgehead atoms. The van der Waals surface area contributed by atoms with Crippen molar-refractivity contribution < 1.29 is 77.4 Å². The molecule has 0 N–H and O–H groups in total. The van der Waals surface area contributed by atoms with Crippen molar-refractivity contribution in [2.75, 3.05) is 0 Å². The molecule has 0 saturated heterocycles. The maximum Gasteiger partial charge on any atom is 4.00 e. The van der Waals surface area contributed by atoms with Crippen molar-refractivity contribution in [2.24, 2.45) is 0 Å². The minimum Gasteiger partial charge on any atom is -0.356 e. The second-order valence-electron chi connectivity index (χ2n) is 1.57. The van der Waals surface area contributed by atoms with E-state index in [1.54, 1.807) is 0 Å². The van der Waals surface area contributed by atoms with Gasteiger partial charge in [0, 0.05) is 0 Å². The largest absolute Gasteiger partial charge is 4.00 e. The fourth-order valence-corrected chi connectivity index (χ4v) is 0. The Kier molecular flexibility index (Phi) is 93.8. The van der Waals surface area contributed by atoms with Crippen molar-refractivity contribution in [2.45, 2.75) is 0 Å². The molecule has 28 nitrogen and oxygen atoms in total. The second-order valence-corrected chi connectivity index (χ2v) is 1.57. The minimum atomic E-state index is -1.75. The molecule has 0 aromatic rings. The van der Waals surface area contributed by atoms with Crippen LogP contribution >= 0.6 is 0 Å². The van der Waals surface area contributed by atoms with Crippen LogP contribution in [0.5, 0.6) is 0 Å². The van der Waals surface area contributed by atoms with Crippen molar-refractivity contribution in [3.05, 3.63) is 107 Å². The van der Waals surface area contributed by atoms with Crippen molar-refractivity contribution in [1.82, 2.24) is 0 Å². The van der Waals surface area contributed by atoms with E-state index in [1.165, 1.54) is 0 Å². The number of hydrogen-bond acceptors (Lipinski definition) is 21. The SMILES string of the molecule is O=[N+]([O-])[O-].O=[N+]([O-])[O-].O=[N+]([O-])[O-].O=[N+]([O-])[O-].O=[N+]([O-])[O-].O=[N+]([O-])[O-].O=[N+]([O-])[O-].[Ce+4].[Sb+3]. The third-order valence-electron chi connectivity index (χ3n) is 0. The van der Waals surface area contributed by atoms with Crippen molar-refractivity contribution >= 4 is 24.4 Å². The zero-order valence-electron chi connectivity index (χ0n) is 12.7. The minimum absolute atomic E-state index is 0. The maximum absolute atomic E-state index is 8.25. The van der Waals surface area contributed by atoms with E-state index in [0.29, 0.717) is 0 Å². The maximum atomic E-state index is 8.25. The molecule has 0 amide bonds. The summed E-state index contributed by atoms with van der Waals surface area (Å²) in [5, 5.41) is 103. The van der Waals surface area contributed by atoms with E-state index in [4.69, 9.17) is 107 Å². The molecular formula is CeN7O21Sb. The van der Waals surface area contributed by atoms with Gasteiger partial charge in [-0.1, -0.05) is 0 Å². The first-order valence-electron chi connectivity index (χ1n) is 3.83. The van der Waals surface area contributed by atoms with Crippen molar-refractivity contribution in [1.29, 1.82) is 0 Å². The molecule has 30 heavy (non-hydrogen) atoms. The van der Waals surface area contributed by atoms with Gasteiger partial charge in [-0.15, -0.1) is 0 Å². The molecule has 0 unspecified atom stereocenters. The molecule has 0 atom stereocenters. The zero-order chi connectivity index (χ0) is 25.0. The fourth-order valence-electron chi connectivity index (χ4n) is 0. The van der Waals surface area contributed by atoms with E-state index in [9.17, 15) is 0 Å². The van der Waals surface area contributed by atoms with Crippen LogP contribution in [-0.2, 0) is 0 Å². The summed E-state index contributed by atoms with van der Waals surface area (Å²) in [4.78, 5) is 57.8. The average molecular weight is 696 g/mol. The molecule has 0 aliphatic carbocycles. The average Bonchev–Trinajstić information content (AvgIpc) is 2.20. The van der Waals surface area contributed by atoms with Gasteiger partial charge in [0.1, 0.15) is 0 Å². The van der Waals surface area contributed by atoms with Crippen LogP contribution < -0.4 is 0 Å². The monoisotopic (exact) mass is 695 g/mol. The zero-order valence-corrected chi connectivity index (χ0v) is 18.3. The Balaban J connectivity index is -0.0000000242. The summed E-state index contributed by atoms with van der Waals surface area (Å²) in [6.07, 6.45) is 0. The standard InChI is InChI=1S/Ce.7NO3.Sb/c;7*2-1(3)4;/q+4;7*-1;+3. The fraction of sp³-hybridized carbons (Fsp3) is 0. The Hall–Kier alpha value is -3.41. The first-order valence-corrected chi connectivity index (χ1v) is 3.83. The van der Waals surface area contributed by atoms with E-state index >= 15 is 0 Å². The molecule has 0 aliphatic rings. The predicted octanol–water partition coefficient (Wildman–Crippen LogP) is -2.05. The van der Waals surface area contributed by atoms with Crippen LogP contribution in [0.15, 0.2) is 0 Å². The van der Waals surface area contributed by atoms with Crippen LogP contribution in [0.1, 0.15) is 0 Å². The Morgan fingerprint density at radius 3 is 0.267 bits per heavy atom. The van der Waals surface area contributed by atoms with Crippen molar-refractivity contribution in [3.63, 3.8) is 0 Å². The van der Waals surface area contributed by atoms with Crippen LogP contribution in [-0.4, -0.2) is 60.0 Å². The summed E-state index contributed by atoms with van der Waals surface area (Å²) in [7, 11) is 0. The summed E-state index contributed by atoms with van der Waals surface area (Å²) in [5.74, 6) is 0. The van der Waals surface area contributed by atoms with Gasteiger partial charge >= 0.3 is 66.2 Å². The third-order valence-corrected chi connectivity index (χ3v) is 0. The molecule has 0 aromatic carbocycles. The van der Waals surface area contributed by atoms with Gasteiger partial charge in [0.25, 0.3) is 0 Å². The van der Waals surface area contributed by atoms with Gasteiger partial charge in [-0.3, -0.25) is 0 Å². The quantitative estimate of drug-likeness (QED) is 0.149. The van der Waals surface area contributed by atoms with E-state index in [0.717, 1.165) is 0 Å². The van der Waals surface area contributed by atoms with Crippen LogP contribution in [0, 0.1) is 149 Å². The van der Waals surface area contributed by atoms with Gasteiger partial charge < -0.3 is 107 Å². The number of hydrogen-bond donors (Lipinski definition) is 0.